The van der Waals surface area contributed by atoms with E-state index in [4.69, 9.17) is 9.47 Å². The Bertz CT molecular complexity index is 430. The van der Waals surface area contributed by atoms with Crippen LogP contribution >= 0.6 is 0 Å². The molecule has 1 aromatic carbocycles. The molecule has 0 aromatic heterocycles. The van der Waals surface area contributed by atoms with Gasteiger partial charge in [0.05, 0.1) is 12.2 Å². The first kappa shape index (κ1) is 14.4. The number of aryl methyl sites for hydroxylation is 1. The van der Waals surface area contributed by atoms with Gasteiger partial charge in [0, 0.05) is 12.2 Å². The van der Waals surface area contributed by atoms with E-state index in [1.165, 1.54) is 5.56 Å². The fraction of sp³-hybridized carbons (Fsp3) is 0.625. The molecular formula is C16H24O3. The van der Waals surface area contributed by atoms with Crippen LogP contribution in [0.15, 0.2) is 18.2 Å². The summed E-state index contributed by atoms with van der Waals surface area (Å²) in [5.74, 6) is 0.862. The Labute approximate surface area is 115 Å². The maximum atomic E-state index is 10.7. The zero-order valence-electron chi connectivity index (χ0n) is 12.1. The Kier molecular flexibility index (Phi) is 4.48. The first-order valence-corrected chi connectivity index (χ1v) is 7.19. The number of fused-ring (bicyclic) bond motifs is 1. The highest BCUT2D eigenvalue weighted by Crippen LogP contribution is 2.39. The van der Waals surface area contributed by atoms with Crippen LogP contribution in [0.2, 0.25) is 0 Å². The number of aliphatic hydroxyl groups excluding tert-OH is 1. The van der Waals surface area contributed by atoms with Crippen LogP contribution in [0.1, 0.15) is 50.8 Å². The van der Waals surface area contributed by atoms with Crippen LogP contribution in [0.3, 0.4) is 0 Å². The molecule has 1 aliphatic heterocycles. The molecular weight excluding hydrogens is 240 g/mol. The van der Waals surface area contributed by atoms with Gasteiger partial charge in [0.25, 0.3) is 0 Å². The third kappa shape index (κ3) is 2.77. The zero-order valence-corrected chi connectivity index (χ0v) is 12.1. The van der Waals surface area contributed by atoms with Crippen LogP contribution in [0.4, 0.5) is 0 Å². The van der Waals surface area contributed by atoms with Gasteiger partial charge in [0.1, 0.15) is 11.9 Å². The highest BCUT2D eigenvalue weighted by atomic mass is 16.5. The molecule has 1 aromatic rings. The summed E-state index contributed by atoms with van der Waals surface area (Å²) in [5, 5.41) is 10.7. The van der Waals surface area contributed by atoms with Crippen molar-refractivity contribution >= 4 is 0 Å². The first-order chi connectivity index (χ1) is 9.12. The molecule has 1 aliphatic rings. The number of hydrogen-bond donors (Lipinski definition) is 1. The molecule has 0 amide bonds. The molecule has 1 heterocycles. The van der Waals surface area contributed by atoms with E-state index in [0.717, 1.165) is 37.2 Å². The van der Waals surface area contributed by atoms with Gasteiger partial charge in [0.2, 0.25) is 0 Å². The highest BCUT2D eigenvalue weighted by molar-refractivity contribution is 5.44. The molecule has 2 atom stereocenters. The van der Waals surface area contributed by atoms with Crippen LogP contribution in [0.25, 0.3) is 0 Å². The number of ether oxygens (including phenoxy) is 2. The van der Waals surface area contributed by atoms with Gasteiger partial charge in [-0.1, -0.05) is 25.1 Å². The van der Waals surface area contributed by atoms with Crippen molar-refractivity contribution in [2.75, 3.05) is 13.2 Å². The van der Waals surface area contributed by atoms with Crippen molar-refractivity contribution in [1.82, 2.24) is 0 Å². The number of hydrogen-bond acceptors (Lipinski definition) is 3. The van der Waals surface area contributed by atoms with Gasteiger partial charge in [-0.3, -0.25) is 0 Å². The van der Waals surface area contributed by atoms with Crippen molar-refractivity contribution in [3.8, 4) is 5.75 Å². The monoisotopic (exact) mass is 264 g/mol. The lowest BCUT2D eigenvalue weighted by molar-refractivity contribution is -0.113. The molecule has 0 bridgehead atoms. The molecule has 0 aliphatic carbocycles. The standard InChI is InChI=1S/C16H24O3/c1-4-16(3,19-5-2)15(17)13-10-6-8-12-9-7-11-18-14(12)13/h6,8,10,15,17H,4-5,7,9,11H2,1-3H3. The summed E-state index contributed by atoms with van der Waals surface area (Å²) in [6.45, 7) is 7.28. The minimum absolute atomic E-state index is 0.565. The quantitative estimate of drug-likeness (QED) is 0.887. The molecule has 0 fully saturated rings. The average Bonchev–Trinajstić information content (AvgIpc) is 2.46. The SMILES string of the molecule is CCOC(C)(CC)C(O)c1cccc2c1OCCC2. The number of rotatable bonds is 5. The summed E-state index contributed by atoms with van der Waals surface area (Å²) in [6.07, 6.45) is 2.16. The van der Waals surface area contributed by atoms with Gasteiger partial charge >= 0.3 is 0 Å². The predicted molar refractivity (Wildman–Crippen MR) is 75.5 cm³/mol. The summed E-state index contributed by atoms with van der Waals surface area (Å²) >= 11 is 0. The van der Waals surface area contributed by atoms with Gasteiger partial charge in [-0.2, -0.15) is 0 Å². The topological polar surface area (TPSA) is 38.7 Å². The maximum absolute atomic E-state index is 10.7. The Morgan fingerprint density at radius 3 is 2.89 bits per heavy atom. The summed E-state index contributed by atoms with van der Waals surface area (Å²) < 4.78 is 11.6. The second-order valence-corrected chi connectivity index (χ2v) is 5.29. The molecule has 0 saturated heterocycles. The summed E-state index contributed by atoms with van der Waals surface area (Å²) in [4.78, 5) is 0. The van der Waals surface area contributed by atoms with E-state index in [-0.39, 0.29) is 0 Å². The van der Waals surface area contributed by atoms with Crippen LogP contribution < -0.4 is 4.74 Å². The second kappa shape index (κ2) is 5.93. The van der Waals surface area contributed by atoms with Crippen molar-refractivity contribution in [3.05, 3.63) is 29.3 Å². The number of para-hydroxylation sites is 1. The molecule has 2 unspecified atom stereocenters. The average molecular weight is 264 g/mol. The Morgan fingerprint density at radius 2 is 2.21 bits per heavy atom. The lowest BCUT2D eigenvalue weighted by Crippen LogP contribution is -2.36. The lowest BCUT2D eigenvalue weighted by Gasteiger charge is -2.35. The maximum Gasteiger partial charge on any atom is 0.128 e. The van der Waals surface area contributed by atoms with E-state index in [1.807, 2.05) is 32.9 Å². The fourth-order valence-corrected chi connectivity index (χ4v) is 2.66. The van der Waals surface area contributed by atoms with Crippen molar-refractivity contribution in [2.45, 2.75) is 51.7 Å². The Morgan fingerprint density at radius 1 is 1.42 bits per heavy atom. The minimum Gasteiger partial charge on any atom is -0.493 e. The Balaban J connectivity index is 2.35. The molecule has 3 heteroatoms. The van der Waals surface area contributed by atoms with Gasteiger partial charge in [-0.25, -0.2) is 0 Å². The van der Waals surface area contributed by atoms with E-state index in [2.05, 4.69) is 6.07 Å². The van der Waals surface area contributed by atoms with Gasteiger partial charge in [-0.15, -0.1) is 0 Å². The van der Waals surface area contributed by atoms with E-state index >= 15 is 0 Å². The number of aliphatic hydroxyl groups is 1. The lowest BCUT2D eigenvalue weighted by atomic mass is 9.88. The van der Waals surface area contributed by atoms with Gasteiger partial charge in [0.15, 0.2) is 0 Å². The molecule has 0 saturated carbocycles. The number of benzene rings is 1. The summed E-state index contributed by atoms with van der Waals surface area (Å²) in [5.41, 5.74) is 1.48. The van der Waals surface area contributed by atoms with Gasteiger partial charge < -0.3 is 14.6 Å². The van der Waals surface area contributed by atoms with E-state index in [1.54, 1.807) is 0 Å². The van der Waals surface area contributed by atoms with Crippen molar-refractivity contribution in [3.63, 3.8) is 0 Å². The van der Waals surface area contributed by atoms with Crippen LogP contribution in [-0.4, -0.2) is 23.9 Å². The van der Waals surface area contributed by atoms with Crippen LogP contribution in [0.5, 0.6) is 5.75 Å². The van der Waals surface area contributed by atoms with Crippen LogP contribution in [-0.2, 0) is 11.2 Å². The molecule has 1 N–H and O–H groups in total. The fourth-order valence-electron chi connectivity index (χ4n) is 2.66. The summed E-state index contributed by atoms with van der Waals surface area (Å²) in [6, 6.07) is 6.02. The molecule has 3 nitrogen and oxygen atoms in total. The third-order valence-electron chi connectivity index (χ3n) is 4.01. The molecule has 2 rings (SSSR count). The van der Waals surface area contributed by atoms with E-state index < -0.39 is 11.7 Å². The van der Waals surface area contributed by atoms with E-state index in [9.17, 15) is 5.11 Å². The van der Waals surface area contributed by atoms with Crippen molar-refractivity contribution in [1.29, 1.82) is 0 Å². The largest absolute Gasteiger partial charge is 0.493 e. The van der Waals surface area contributed by atoms with Crippen molar-refractivity contribution < 1.29 is 14.6 Å². The van der Waals surface area contributed by atoms with Crippen molar-refractivity contribution in [2.24, 2.45) is 0 Å². The normalized spacial score (nSPS) is 19.2. The van der Waals surface area contributed by atoms with Crippen LogP contribution in [0, 0.1) is 0 Å². The highest BCUT2D eigenvalue weighted by Gasteiger charge is 2.35. The predicted octanol–water partition coefficient (Wildman–Crippen LogP) is 3.25. The Hall–Kier alpha value is -1.06. The molecule has 0 spiro atoms. The smallest absolute Gasteiger partial charge is 0.128 e. The minimum atomic E-state index is -0.662. The van der Waals surface area contributed by atoms with E-state index in [0.29, 0.717) is 6.61 Å². The zero-order chi connectivity index (χ0) is 13.9. The third-order valence-corrected chi connectivity index (χ3v) is 4.01. The molecule has 19 heavy (non-hydrogen) atoms. The molecule has 106 valence electrons. The molecule has 0 radical (unpaired) electrons. The summed E-state index contributed by atoms with van der Waals surface area (Å²) in [7, 11) is 0. The first-order valence-electron chi connectivity index (χ1n) is 7.19. The second-order valence-electron chi connectivity index (χ2n) is 5.29. The van der Waals surface area contributed by atoms with Gasteiger partial charge in [-0.05, 0) is 38.7 Å².